The average Bonchev–Trinajstić information content (AvgIpc) is 3.30. The Morgan fingerprint density at radius 2 is 0.626 bits per heavy atom. The fourth-order valence-corrected chi connectivity index (χ4v) is 12.8. The molecule has 536 valence electrons. The number of phosphoric acid groups is 1. The maximum absolute atomic E-state index is 12.9. The number of hydrogen-bond donors (Lipinski definition) is 0. The first-order valence-corrected chi connectivity index (χ1v) is 41.3. The molecule has 0 rings (SSSR count). The Hall–Kier alpha value is -2.03. The van der Waals surface area contributed by atoms with Crippen LogP contribution >= 0.6 is 7.82 Å². The van der Waals surface area contributed by atoms with E-state index in [2.05, 4.69) is 62.5 Å². The third kappa shape index (κ3) is 76.9. The van der Waals surface area contributed by atoms with E-state index in [1.807, 2.05) is 21.1 Å². The van der Waals surface area contributed by atoms with Gasteiger partial charge in [0, 0.05) is 12.8 Å². The van der Waals surface area contributed by atoms with Gasteiger partial charge in [0.1, 0.15) is 19.8 Å². The van der Waals surface area contributed by atoms with Gasteiger partial charge in [-0.15, -0.1) is 0 Å². The lowest BCUT2D eigenvalue weighted by atomic mass is 10.0. The van der Waals surface area contributed by atoms with Crippen LogP contribution in [-0.4, -0.2) is 70.0 Å². The zero-order chi connectivity index (χ0) is 66.2. The van der Waals surface area contributed by atoms with Crippen molar-refractivity contribution in [1.29, 1.82) is 0 Å². The van der Waals surface area contributed by atoms with Crippen molar-refractivity contribution in [1.82, 2.24) is 0 Å². The van der Waals surface area contributed by atoms with Crippen molar-refractivity contribution in [3.05, 3.63) is 48.6 Å². The highest BCUT2D eigenvalue weighted by Gasteiger charge is 2.22. The zero-order valence-electron chi connectivity index (χ0n) is 61.3. The minimum absolute atomic E-state index is 0.0282. The van der Waals surface area contributed by atoms with Gasteiger partial charge in [-0.25, -0.2) is 0 Å². The molecule has 0 spiro atoms. The second-order valence-electron chi connectivity index (χ2n) is 28.4. The summed E-state index contributed by atoms with van der Waals surface area (Å²) in [5.74, 6) is -0.809. The molecule has 0 heterocycles. The van der Waals surface area contributed by atoms with Crippen molar-refractivity contribution in [2.24, 2.45) is 0 Å². The van der Waals surface area contributed by atoms with Crippen molar-refractivity contribution >= 4 is 19.8 Å². The van der Waals surface area contributed by atoms with Crippen LogP contribution in [-0.2, 0) is 32.7 Å². The van der Waals surface area contributed by atoms with Crippen molar-refractivity contribution in [3.8, 4) is 0 Å². The quantitative estimate of drug-likeness (QED) is 0.0195. The molecular formula is C81H154NO8P. The van der Waals surface area contributed by atoms with Crippen molar-refractivity contribution in [2.75, 3.05) is 47.5 Å². The summed E-state index contributed by atoms with van der Waals surface area (Å²) in [7, 11) is 1.19. The molecule has 0 aliphatic carbocycles. The predicted molar refractivity (Wildman–Crippen MR) is 393 cm³/mol. The Labute approximate surface area is 566 Å². The third-order valence-corrected chi connectivity index (χ3v) is 19.1. The SMILES string of the molecule is CC/C=C\C/C=C\C/C=C\C/C=C\CCCCCCCCCCCCCCCCCCCCC(=O)OC(COC(=O)CCCCCCCCCCCCCCCCCCCCCCCCCCCCCCCCCCCCCC)COP(=O)([O-])OCC[N+](C)(C)C. The van der Waals surface area contributed by atoms with Gasteiger partial charge in [0.05, 0.1) is 27.7 Å². The van der Waals surface area contributed by atoms with E-state index in [1.165, 1.54) is 315 Å². The van der Waals surface area contributed by atoms with Gasteiger partial charge >= 0.3 is 11.9 Å². The van der Waals surface area contributed by atoms with E-state index in [4.69, 9.17) is 18.5 Å². The van der Waals surface area contributed by atoms with Gasteiger partial charge in [-0.05, 0) is 51.4 Å². The molecular weight excluding hydrogens is 1150 g/mol. The molecule has 9 nitrogen and oxygen atoms in total. The highest BCUT2D eigenvalue weighted by molar-refractivity contribution is 7.45. The zero-order valence-corrected chi connectivity index (χ0v) is 62.2. The molecule has 0 saturated carbocycles. The molecule has 0 amide bonds. The number of likely N-dealkylation sites (N-methyl/N-ethyl adjacent to an activating group) is 1. The van der Waals surface area contributed by atoms with E-state index in [-0.39, 0.29) is 32.0 Å². The van der Waals surface area contributed by atoms with Gasteiger partial charge in [0.2, 0.25) is 0 Å². The second kappa shape index (κ2) is 72.2. The Bertz CT molecular complexity index is 1670. The molecule has 0 fully saturated rings. The van der Waals surface area contributed by atoms with Crippen LogP contribution in [0.2, 0.25) is 0 Å². The summed E-state index contributed by atoms with van der Waals surface area (Å²) in [6.45, 7) is 4.21. The lowest BCUT2D eigenvalue weighted by Crippen LogP contribution is -2.37. The number of allylic oxidation sites excluding steroid dienone is 8. The van der Waals surface area contributed by atoms with Crippen LogP contribution < -0.4 is 4.89 Å². The molecule has 0 N–H and O–H groups in total. The number of carbonyl (C=O) groups is 2. The fraction of sp³-hybridized carbons (Fsp3) is 0.877. The first-order chi connectivity index (χ1) is 44.5. The summed E-state index contributed by atoms with van der Waals surface area (Å²) < 4.78 is 34.4. The monoisotopic (exact) mass is 1300 g/mol. The molecule has 0 aliphatic heterocycles. The molecule has 2 atom stereocenters. The second-order valence-corrected chi connectivity index (χ2v) is 29.8. The van der Waals surface area contributed by atoms with E-state index >= 15 is 0 Å². The van der Waals surface area contributed by atoms with Gasteiger partial charge < -0.3 is 27.9 Å². The summed E-state index contributed by atoms with van der Waals surface area (Å²) in [6, 6.07) is 0. The third-order valence-electron chi connectivity index (χ3n) is 18.1. The van der Waals surface area contributed by atoms with Gasteiger partial charge in [-0.2, -0.15) is 0 Å². The van der Waals surface area contributed by atoms with Crippen LogP contribution in [0.4, 0.5) is 0 Å². The smallest absolute Gasteiger partial charge is 0.306 e. The molecule has 2 unspecified atom stereocenters. The molecule has 0 aromatic carbocycles. The van der Waals surface area contributed by atoms with Gasteiger partial charge in [0.25, 0.3) is 7.82 Å². The van der Waals surface area contributed by atoms with Crippen LogP contribution in [0, 0.1) is 0 Å². The van der Waals surface area contributed by atoms with Gasteiger partial charge in [-0.3, -0.25) is 14.2 Å². The number of nitrogens with zero attached hydrogens (tertiary/aromatic N) is 1. The minimum atomic E-state index is -4.64. The van der Waals surface area contributed by atoms with Crippen LogP contribution in [0.25, 0.3) is 0 Å². The molecule has 10 heteroatoms. The summed E-state index contributed by atoms with van der Waals surface area (Å²) >= 11 is 0. The normalized spacial score (nSPS) is 13.3. The number of hydrogen-bond acceptors (Lipinski definition) is 8. The maximum Gasteiger partial charge on any atom is 0.306 e. The first-order valence-electron chi connectivity index (χ1n) is 39.8. The van der Waals surface area contributed by atoms with E-state index in [1.54, 1.807) is 0 Å². The Morgan fingerprint density at radius 3 is 0.934 bits per heavy atom. The number of quaternary nitrogens is 1. The number of unbranched alkanes of at least 4 members (excludes halogenated alkanes) is 53. The van der Waals surface area contributed by atoms with Crippen molar-refractivity contribution in [3.63, 3.8) is 0 Å². The van der Waals surface area contributed by atoms with Crippen molar-refractivity contribution in [2.45, 2.75) is 412 Å². The standard InChI is InChI=1S/C81H154NO8P/c1-6-8-10-12-14-16-18-20-22-24-26-28-30-32-34-36-38-39-40-41-42-44-45-47-49-51-53-55-57-59-61-63-65-67-69-71-73-80(83)87-77-79(78-89-91(85,86)88-76-75-82(3,4)5)90-81(84)74-72-70-68-66-64-62-60-58-56-54-52-50-48-46-43-37-35-33-31-29-27-25-23-21-19-17-15-13-11-9-7-2/h9,11,15,17,21,23,27,29,79H,6-8,10,12-14,16,18-20,22,24-26,28,30-78H2,1-5H3/b11-9-,17-15-,23-21-,29-27-. The lowest BCUT2D eigenvalue weighted by Gasteiger charge is -2.28. The average molecular weight is 1300 g/mol. The maximum atomic E-state index is 12.9. The topological polar surface area (TPSA) is 111 Å². The van der Waals surface area contributed by atoms with Crippen LogP contribution in [0.1, 0.15) is 406 Å². The Kier molecular flexibility index (Phi) is 70.6. The lowest BCUT2D eigenvalue weighted by molar-refractivity contribution is -0.870. The molecule has 0 aromatic heterocycles. The highest BCUT2D eigenvalue weighted by Crippen LogP contribution is 2.38. The Morgan fingerprint density at radius 1 is 0.352 bits per heavy atom. The number of phosphoric ester groups is 1. The molecule has 91 heavy (non-hydrogen) atoms. The van der Waals surface area contributed by atoms with Gasteiger partial charge in [0.15, 0.2) is 6.10 Å². The molecule has 0 radical (unpaired) electrons. The van der Waals surface area contributed by atoms with Crippen LogP contribution in [0.5, 0.6) is 0 Å². The van der Waals surface area contributed by atoms with Crippen LogP contribution in [0.3, 0.4) is 0 Å². The summed E-state index contributed by atoms with van der Waals surface area (Å²) in [6.07, 6.45) is 95.3. The van der Waals surface area contributed by atoms with E-state index in [9.17, 15) is 19.0 Å². The van der Waals surface area contributed by atoms with E-state index in [0.29, 0.717) is 17.4 Å². The number of rotatable bonds is 75. The van der Waals surface area contributed by atoms with E-state index < -0.39 is 26.5 Å². The summed E-state index contributed by atoms with van der Waals surface area (Å²) in [5.41, 5.74) is 0. The predicted octanol–water partition coefficient (Wildman–Crippen LogP) is 25.7. The fourth-order valence-electron chi connectivity index (χ4n) is 12.1. The largest absolute Gasteiger partial charge is 0.756 e. The summed E-state index contributed by atoms with van der Waals surface area (Å²) in [5, 5.41) is 0. The Balaban J connectivity index is 3.90. The van der Waals surface area contributed by atoms with Gasteiger partial charge in [-0.1, -0.05) is 390 Å². The molecule has 0 aromatic rings. The summed E-state index contributed by atoms with van der Waals surface area (Å²) in [4.78, 5) is 38.2. The minimum Gasteiger partial charge on any atom is -0.756 e. The number of esters is 2. The number of carbonyl (C=O) groups excluding carboxylic acids is 2. The molecule has 0 aliphatic rings. The van der Waals surface area contributed by atoms with E-state index in [0.717, 1.165) is 57.8 Å². The highest BCUT2D eigenvalue weighted by atomic mass is 31.2. The molecule has 0 saturated heterocycles. The molecule has 0 bridgehead atoms. The van der Waals surface area contributed by atoms with Crippen LogP contribution in [0.15, 0.2) is 48.6 Å². The van der Waals surface area contributed by atoms with Crippen molar-refractivity contribution < 1.29 is 42.1 Å². The first kappa shape index (κ1) is 89.0. The number of ether oxygens (including phenoxy) is 2.